The first-order chi connectivity index (χ1) is 10.2. The Labute approximate surface area is 163 Å². The molecule has 0 N–H and O–H groups in total. The summed E-state index contributed by atoms with van der Waals surface area (Å²) in [6, 6.07) is 7.62. The Morgan fingerprint density at radius 1 is 1.23 bits per heavy atom. The summed E-state index contributed by atoms with van der Waals surface area (Å²) in [5.74, 6) is -0.253. The summed E-state index contributed by atoms with van der Waals surface area (Å²) in [6.07, 6.45) is 1.59. The highest BCUT2D eigenvalue weighted by Gasteiger charge is 2.27. The summed E-state index contributed by atoms with van der Waals surface area (Å²) in [5.41, 5.74) is 0.902. The highest BCUT2D eigenvalue weighted by Crippen LogP contribution is 2.30. The lowest BCUT2D eigenvalue weighted by molar-refractivity contribution is -0.145. The Hall–Kier alpha value is 0.520. The number of benzene rings is 1. The van der Waals surface area contributed by atoms with Gasteiger partial charge in [0.2, 0.25) is 3.79 Å². The molecule has 0 unspecified atom stereocenters. The van der Waals surface area contributed by atoms with Gasteiger partial charge in [-0.2, -0.15) is 0 Å². The van der Waals surface area contributed by atoms with Gasteiger partial charge in [-0.1, -0.05) is 85.7 Å². The molecule has 7 heteroatoms. The smallest absolute Gasteiger partial charge is 0.313 e. The molecule has 1 aromatic rings. The second-order valence-electron chi connectivity index (χ2n) is 5.16. The SMILES string of the molecule is C[C@H](CBr)CC[C@@H](C(=O)OCC(Cl)(Cl)Cl)c1ccc(Br)cc1. The molecule has 0 aromatic heterocycles. The lowest BCUT2D eigenvalue weighted by Crippen LogP contribution is -2.22. The molecule has 0 saturated heterocycles. The number of ether oxygens (including phenoxy) is 1. The normalized spacial score (nSPS) is 14.5. The number of rotatable bonds is 7. The summed E-state index contributed by atoms with van der Waals surface area (Å²) >= 11 is 23.8. The van der Waals surface area contributed by atoms with Gasteiger partial charge in [0.25, 0.3) is 0 Å². The van der Waals surface area contributed by atoms with E-state index in [0.717, 1.165) is 21.8 Å². The van der Waals surface area contributed by atoms with Gasteiger partial charge in [0.05, 0.1) is 5.92 Å². The van der Waals surface area contributed by atoms with Gasteiger partial charge in [0.1, 0.15) is 6.61 Å². The van der Waals surface area contributed by atoms with Crippen LogP contribution in [0.1, 0.15) is 31.2 Å². The zero-order chi connectivity index (χ0) is 16.8. The third kappa shape index (κ3) is 7.87. The fourth-order valence-corrected chi connectivity index (χ4v) is 2.65. The van der Waals surface area contributed by atoms with Crippen molar-refractivity contribution >= 4 is 72.6 Å². The van der Waals surface area contributed by atoms with E-state index < -0.39 is 3.79 Å². The summed E-state index contributed by atoms with van der Waals surface area (Å²) in [4.78, 5) is 12.4. The van der Waals surface area contributed by atoms with Crippen LogP contribution >= 0.6 is 66.7 Å². The van der Waals surface area contributed by atoms with Crippen molar-refractivity contribution < 1.29 is 9.53 Å². The molecule has 22 heavy (non-hydrogen) atoms. The van der Waals surface area contributed by atoms with Gasteiger partial charge in [0, 0.05) is 9.80 Å². The number of hydrogen-bond donors (Lipinski definition) is 0. The van der Waals surface area contributed by atoms with E-state index in [1.165, 1.54) is 0 Å². The first-order valence-corrected chi connectivity index (χ1v) is 9.82. The lowest BCUT2D eigenvalue weighted by atomic mass is 9.91. The van der Waals surface area contributed by atoms with Gasteiger partial charge in [-0.15, -0.1) is 0 Å². The van der Waals surface area contributed by atoms with Gasteiger partial charge in [-0.05, 0) is 36.5 Å². The minimum absolute atomic E-state index is 0.252. The third-order valence-corrected chi connectivity index (χ3v) is 5.11. The molecule has 2 nitrogen and oxygen atoms in total. The average Bonchev–Trinajstić information content (AvgIpc) is 2.46. The van der Waals surface area contributed by atoms with Crippen molar-refractivity contribution in [1.29, 1.82) is 0 Å². The summed E-state index contributed by atoms with van der Waals surface area (Å²) in [6.45, 7) is 1.87. The van der Waals surface area contributed by atoms with Crippen molar-refractivity contribution in [3.63, 3.8) is 0 Å². The maximum absolute atomic E-state index is 12.4. The van der Waals surface area contributed by atoms with Crippen molar-refractivity contribution in [2.24, 2.45) is 5.92 Å². The molecule has 0 radical (unpaired) electrons. The zero-order valence-electron chi connectivity index (χ0n) is 12.0. The van der Waals surface area contributed by atoms with E-state index >= 15 is 0 Å². The van der Waals surface area contributed by atoms with Crippen molar-refractivity contribution in [3.05, 3.63) is 34.3 Å². The molecule has 0 spiro atoms. The molecular formula is C15H17Br2Cl3O2. The number of alkyl halides is 4. The maximum atomic E-state index is 12.4. The first-order valence-electron chi connectivity index (χ1n) is 6.77. The van der Waals surface area contributed by atoms with Crippen LogP contribution in [0.4, 0.5) is 0 Å². The van der Waals surface area contributed by atoms with Crippen LogP contribution in [0.3, 0.4) is 0 Å². The topological polar surface area (TPSA) is 26.3 Å². The van der Waals surface area contributed by atoms with Gasteiger partial charge >= 0.3 is 5.97 Å². The molecule has 1 rings (SSSR count). The van der Waals surface area contributed by atoms with Gasteiger partial charge in [-0.25, -0.2) is 0 Å². The van der Waals surface area contributed by atoms with E-state index in [-0.39, 0.29) is 18.5 Å². The third-order valence-electron chi connectivity index (χ3n) is 3.15. The second-order valence-corrected chi connectivity index (χ2v) is 9.24. The second kappa shape index (κ2) is 9.73. The van der Waals surface area contributed by atoms with Crippen LogP contribution in [-0.4, -0.2) is 21.7 Å². The Balaban J connectivity index is 2.81. The molecule has 0 aliphatic heterocycles. The maximum Gasteiger partial charge on any atom is 0.313 e. The Morgan fingerprint density at radius 3 is 2.32 bits per heavy atom. The predicted molar refractivity (Wildman–Crippen MR) is 100 cm³/mol. The highest BCUT2D eigenvalue weighted by atomic mass is 79.9. The number of carbonyl (C=O) groups excluding carboxylic acids is 1. The van der Waals surface area contributed by atoms with Crippen LogP contribution in [0.5, 0.6) is 0 Å². The van der Waals surface area contributed by atoms with Crippen LogP contribution in [0, 0.1) is 5.92 Å². The quantitative estimate of drug-likeness (QED) is 0.330. The van der Waals surface area contributed by atoms with Crippen LogP contribution in [-0.2, 0) is 9.53 Å². The van der Waals surface area contributed by atoms with Crippen LogP contribution in [0.2, 0.25) is 0 Å². The predicted octanol–water partition coefficient (Wildman–Crippen LogP) is 6.26. The monoisotopic (exact) mass is 492 g/mol. The summed E-state index contributed by atoms with van der Waals surface area (Å²) in [5, 5.41) is 0.892. The van der Waals surface area contributed by atoms with Gasteiger partial charge < -0.3 is 4.74 Å². The zero-order valence-corrected chi connectivity index (χ0v) is 17.4. The van der Waals surface area contributed by atoms with Crippen molar-refractivity contribution in [2.45, 2.75) is 29.5 Å². The van der Waals surface area contributed by atoms with Crippen molar-refractivity contribution in [3.8, 4) is 0 Å². The molecular weight excluding hydrogens is 478 g/mol. The average molecular weight is 495 g/mol. The number of halogens is 5. The number of carbonyl (C=O) groups is 1. The van der Waals surface area contributed by atoms with E-state index in [1.807, 2.05) is 24.3 Å². The fourth-order valence-electron chi connectivity index (χ4n) is 1.90. The summed E-state index contributed by atoms with van der Waals surface area (Å²) < 4.78 is 4.52. The fraction of sp³-hybridized carbons (Fsp3) is 0.533. The van der Waals surface area contributed by atoms with Crippen LogP contribution < -0.4 is 0 Å². The largest absolute Gasteiger partial charge is 0.461 e. The minimum atomic E-state index is -1.59. The molecule has 0 saturated carbocycles. The number of esters is 1. The molecule has 0 aliphatic rings. The van der Waals surface area contributed by atoms with E-state index in [4.69, 9.17) is 39.5 Å². The van der Waals surface area contributed by atoms with E-state index in [9.17, 15) is 4.79 Å². The highest BCUT2D eigenvalue weighted by molar-refractivity contribution is 9.10. The molecule has 0 amide bonds. The molecule has 2 atom stereocenters. The molecule has 0 bridgehead atoms. The Morgan fingerprint density at radius 2 is 1.82 bits per heavy atom. The standard InChI is InChI=1S/C15H17Br2Cl3O2/c1-10(8-16)2-7-13(11-3-5-12(17)6-4-11)14(21)22-9-15(18,19)20/h3-6,10,13H,2,7-9H2,1H3/t10-,13+/m0/s1. The Kier molecular flexibility index (Phi) is 9.09. The molecule has 1 aromatic carbocycles. The summed E-state index contributed by atoms with van der Waals surface area (Å²) in [7, 11) is 0. The van der Waals surface area contributed by atoms with Crippen LogP contribution in [0.25, 0.3) is 0 Å². The number of hydrogen-bond acceptors (Lipinski definition) is 2. The van der Waals surface area contributed by atoms with Crippen molar-refractivity contribution in [1.82, 2.24) is 0 Å². The van der Waals surface area contributed by atoms with E-state index in [2.05, 4.69) is 38.8 Å². The van der Waals surface area contributed by atoms with E-state index in [1.54, 1.807) is 0 Å². The lowest BCUT2D eigenvalue weighted by Gasteiger charge is -2.19. The Bertz CT molecular complexity index is 475. The first kappa shape index (κ1) is 20.6. The van der Waals surface area contributed by atoms with Gasteiger partial charge in [-0.3, -0.25) is 4.79 Å². The molecule has 0 aliphatic carbocycles. The van der Waals surface area contributed by atoms with E-state index in [0.29, 0.717) is 12.3 Å². The molecule has 124 valence electrons. The van der Waals surface area contributed by atoms with Crippen molar-refractivity contribution in [2.75, 3.05) is 11.9 Å². The van der Waals surface area contributed by atoms with Gasteiger partial charge in [0.15, 0.2) is 0 Å². The minimum Gasteiger partial charge on any atom is -0.461 e. The molecule has 0 fully saturated rings. The van der Waals surface area contributed by atoms with Crippen LogP contribution in [0.15, 0.2) is 28.7 Å². The molecule has 0 heterocycles.